The molecule has 2 aliphatic heterocycles. The lowest BCUT2D eigenvalue weighted by Gasteiger charge is -2.13. The highest BCUT2D eigenvalue weighted by atomic mass is 19.1. The number of nitrogens with zero attached hydrogens (tertiary/aromatic N) is 2. The van der Waals surface area contributed by atoms with Crippen LogP contribution >= 0.6 is 0 Å². The van der Waals surface area contributed by atoms with E-state index >= 15 is 0 Å². The number of benzene rings is 1. The molecule has 4 heterocycles. The van der Waals surface area contributed by atoms with E-state index in [0.29, 0.717) is 37.4 Å². The lowest BCUT2D eigenvalue weighted by molar-refractivity contribution is 0.134. The van der Waals surface area contributed by atoms with Gasteiger partial charge in [-0.3, -0.25) is 4.79 Å². The second-order valence-corrected chi connectivity index (χ2v) is 7.89. The maximum absolute atomic E-state index is 14.6. The summed E-state index contributed by atoms with van der Waals surface area (Å²) in [4.78, 5) is 17.7. The Hall–Kier alpha value is -2.57. The quantitative estimate of drug-likeness (QED) is 0.482. The van der Waals surface area contributed by atoms with Crippen LogP contribution in [0.2, 0.25) is 0 Å². The predicted molar refractivity (Wildman–Crippen MR) is 109 cm³/mol. The van der Waals surface area contributed by atoms with Gasteiger partial charge in [0.25, 0.3) is 5.56 Å². The van der Waals surface area contributed by atoms with Crippen molar-refractivity contribution < 1.29 is 13.9 Å². The van der Waals surface area contributed by atoms with E-state index in [1.54, 1.807) is 11.7 Å². The maximum Gasteiger partial charge on any atom is 0.257 e. The van der Waals surface area contributed by atoms with Crippen molar-refractivity contribution in [1.82, 2.24) is 9.55 Å². The molecule has 0 spiro atoms. The summed E-state index contributed by atoms with van der Waals surface area (Å²) in [6.07, 6.45) is 2.64. The molecule has 3 aromatic rings. The van der Waals surface area contributed by atoms with Gasteiger partial charge in [0.1, 0.15) is 5.82 Å². The van der Waals surface area contributed by atoms with E-state index in [1.165, 1.54) is 6.07 Å². The Morgan fingerprint density at radius 1 is 1.21 bits per heavy atom. The molecule has 29 heavy (non-hydrogen) atoms. The first-order valence-electron chi connectivity index (χ1n) is 10.0. The van der Waals surface area contributed by atoms with Gasteiger partial charge < -0.3 is 14.0 Å². The van der Waals surface area contributed by atoms with Crippen molar-refractivity contribution in [2.45, 2.75) is 45.9 Å². The van der Waals surface area contributed by atoms with E-state index in [1.807, 2.05) is 13.0 Å². The van der Waals surface area contributed by atoms with Crippen LogP contribution in [0.1, 0.15) is 40.7 Å². The summed E-state index contributed by atoms with van der Waals surface area (Å²) in [5.74, 6) is -0.232. The fourth-order valence-electron chi connectivity index (χ4n) is 4.52. The third kappa shape index (κ3) is 2.90. The fourth-order valence-corrected chi connectivity index (χ4v) is 4.52. The average Bonchev–Trinajstić information content (AvgIpc) is 3.32. The number of halogens is 1. The first kappa shape index (κ1) is 18.5. The van der Waals surface area contributed by atoms with Gasteiger partial charge in [0.15, 0.2) is 0 Å². The van der Waals surface area contributed by atoms with Gasteiger partial charge >= 0.3 is 0 Å². The van der Waals surface area contributed by atoms with Crippen molar-refractivity contribution >= 4 is 10.9 Å². The van der Waals surface area contributed by atoms with Crippen LogP contribution in [-0.4, -0.2) is 23.3 Å². The zero-order valence-electron chi connectivity index (χ0n) is 16.7. The number of aromatic nitrogens is 2. The number of unbranched alkanes of at least 4 members (excludes halogenated alkanes) is 1. The van der Waals surface area contributed by atoms with Crippen LogP contribution in [0.5, 0.6) is 0 Å². The number of pyridine rings is 2. The Morgan fingerprint density at radius 2 is 2.07 bits per heavy atom. The molecular weight excluding hydrogens is 371 g/mol. The van der Waals surface area contributed by atoms with Crippen LogP contribution in [0.15, 0.2) is 23.0 Å². The number of methoxy groups -OCH3 is 1. The van der Waals surface area contributed by atoms with Gasteiger partial charge in [-0.1, -0.05) is 0 Å². The SMILES string of the molecule is COCCCCc1c(C)c(F)cc2nc3c(cc12)Cn1c-3cc2c(c1=O)COC2. The minimum atomic E-state index is -0.232. The topological polar surface area (TPSA) is 53.4 Å². The second-order valence-electron chi connectivity index (χ2n) is 7.89. The summed E-state index contributed by atoms with van der Waals surface area (Å²) in [7, 11) is 1.69. The Bertz CT molecular complexity index is 1200. The third-order valence-electron chi connectivity index (χ3n) is 6.12. The van der Waals surface area contributed by atoms with Crippen molar-refractivity contribution in [3.05, 3.63) is 62.2 Å². The molecule has 0 saturated carbocycles. The lowest BCUT2D eigenvalue weighted by atomic mass is 9.95. The van der Waals surface area contributed by atoms with Crippen molar-refractivity contribution in [3.8, 4) is 11.4 Å². The molecule has 0 aliphatic carbocycles. The first-order chi connectivity index (χ1) is 14.1. The van der Waals surface area contributed by atoms with Crippen LogP contribution in [0.4, 0.5) is 4.39 Å². The number of ether oxygens (including phenoxy) is 2. The van der Waals surface area contributed by atoms with Gasteiger partial charge in [-0.05, 0) is 55.0 Å². The minimum Gasteiger partial charge on any atom is -0.385 e. The molecule has 0 N–H and O–H groups in total. The molecule has 6 heteroatoms. The summed E-state index contributed by atoms with van der Waals surface area (Å²) in [5, 5.41) is 0.983. The van der Waals surface area contributed by atoms with Gasteiger partial charge in [-0.2, -0.15) is 0 Å². The van der Waals surface area contributed by atoms with Gasteiger partial charge in [0, 0.05) is 36.3 Å². The molecule has 0 saturated heterocycles. The number of rotatable bonds is 5. The highest BCUT2D eigenvalue weighted by Crippen LogP contribution is 2.36. The lowest BCUT2D eigenvalue weighted by Crippen LogP contribution is -2.22. The Kier molecular flexibility index (Phi) is 4.48. The van der Waals surface area contributed by atoms with E-state index in [2.05, 4.69) is 6.07 Å². The van der Waals surface area contributed by atoms with E-state index in [0.717, 1.165) is 58.3 Å². The van der Waals surface area contributed by atoms with Crippen LogP contribution in [0.25, 0.3) is 22.3 Å². The van der Waals surface area contributed by atoms with Gasteiger partial charge in [-0.15, -0.1) is 0 Å². The smallest absolute Gasteiger partial charge is 0.257 e. The molecule has 0 fully saturated rings. The molecule has 1 aromatic carbocycles. The van der Waals surface area contributed by atoms with Gasteiger partial charge in [-0.25, -0.2) is 9.37 Å². The van der Waals surface area contributed by atoms with E-state index < -0.39 is 0 Å². The first-order valence-corrected chi connectivity index (χ1v) is 10.0. The maximum atomic E-state index is 14.6. The van der Waals surface area contributed by atoms with E-state index in [-0.39, 0.29) is 11.4 Å². The van der Waals surface area contributed by atoms with E-state index in [4.69, 9.17) is 14.5 Å². The number of aryl methyl sites for hydroxylation is 1. The standard InChI is InChI=1S/C23H23FN2O3/c1-13-16(5-3-4-6-28-2)17-7-14-10-26-21(22(14)25-20(17)9-19(13)24)8-15-11-29-12-18(15)23(26)27/h7-9H,3-6,10-12H2,1-2H3. The van der Waals surface area contributed by atoms with Gasteiger partial charge in [0.2, 0.25) is 0 Å². The molecule has 0 unspecified atom stereocenters. The molecule has 0 atom stereocenters. The molecule has 2 aliphatic rings. The molecule has 2 aromatic heterocycles. The van der Waals surface area contributed by atoms with Crippen LogP contribution < -0.4 is 5.56 Å². The summed E-state index contributed by atoms with van der Waals surface area (Å²) < 4.78 is 27.0. The molecule has 5 rings (SSSR count). The molecule has 150 valence electrons. The Balaban J connectivity index is 1.63. The van der Waals surface area contributed by atoms with Crippen molar-refractivity contribution in [2.24, 2.45) is 0 Å². The monoisotopic (exact) mass is 394 g/mol. The number of fused-ring (bicyclic) bond motifs is 5. The average molecular weight is 394 g/mol. The summed E-state index contributed by atoms with van der Waals surface area (Å²) >= 11 is 0. The normalized spacial score (nSPS) is 14.3. The fraction of sp³-hybridized carbons (Fsp3) is 0.391. The molecular formula is C23H23FN2O3. The number of hydrogen-bond donors (Lipinski definition) is 0. The zero-order valence-corrected chi connectivity index (χ0v) is 16.7. The molecule has 0 bridgehead atoms. The summed E-state index contributed by atoms with van der Waals surface area (Å²) in [6, 6.07) is 5.62. The third-order valence-corrected chi connectivity index (χ3v) is 6.12. The molecule has 5 nitrogen and oxygen atoms in total. The largest absolute Gasteiger partial charge is 0.385 e. The van der Waals surface area contributed by atoms with Gasteiger partial charge in [0.05, 0.1) is 36.7 Å². The second kappa shape index (κ2) is 7.04. The van der Waals surface area contributed by atoms with Crippen molar-refractivity contribution in [3.63, 3.8) is 0 Å². The summed E-state index contributed by atoms with van der Waals surface area (Å²) in [6.45, 7) is 3.86. The van der Waals surface area contributed by atoms with E-state index in [9.17, 15) is 9.18 Å². The molecule has 0 amide bonds. The highest BCUT2D eigenvalue weighted by molar-refractivity contribution is 5.88. The Labute approximate surface area is 168 Å². The molecule has 0 radical (unpaired) electrons. The predicted octanol–water partition coefficient (Wildman–Crippen LogP) is 3.87. The Morgan fingerprint density at radius 3 is 2.90 bits per heavy atom. The van der Waals surface area contributed by atoms with Crippen molar-refractivity contribution in [1.29, 1.82) is 0 Å². The van der Waals surface area contributed by atoms with Crippen LogP contribution in [-0.2, 0) is 35.7 Å². The highest BCUT2D eigenvalue weighted by Gasteiger charge is 2.27. The minimum absolute atomic E-state index is 0.000735. The van der Waals surface area contributed by atoms with Crippen LogP contribution in [0.3, 0.4) is 0 Å². The number of hydrogen-bond acceptors (Lipinski definition) is 4. The van der Waals surface area contributed by atoms with Crippen LogP contribution in [0, 0.1) is 12.7 Å². The zero-order chi connectivity index (χ0) is 20.1. The van der Waals surface area contributed by atoms with Crippen molar-refractivity contribution in [2.75, 3.05) is 13.7 Å². The summed E-state index contributed by atoms with van der Waals surface area (Å²) in [5.41, 5.74) is 6.60.